The first-order chi connectivity index (χ1) is 11.1. The second-order valence-corrected chi connectivity index (χ2v) is 6.70. The molecule has 0 aliphatic carbocycles. The van der Waals surface area contributed by atoms with Crippen molar-refractivity contribution >= 4 is 22.2 Å². The lowest BCUT2D eigenvalue weighted by Crippen LogP contribution is -2.29. The average Bonchev–Trinajstić information content (AvgIpc) is 3.09. The van der Waals surface area contributed by atoms with E-state index in [0.29, 0.717) is 6.54 Å². The summed E-state index contributed by atoms with van der Waals surface area (Å²) in [6, 6.07) is 8.12. The van der Waals surface area contributed by atoms with Gasteiger partial charge >= 0.3 is 0 Å². The molecule has 2 aromatic heterocycles. The number of amides is 1. The topological polar surface area (TPSA) is 59.3 Å². The summed E-state index contributed by atoms with van der Waals surface area (Å²) >= 11 is 1.58. The molecule has 0 radical (unpaired) electrons. The standard InChI is InChI=1S/C17H20N4OS/c1-11(2)16(22)18-9-8-13-10-23-17-19-15(20-21(13)17)14-7-5-4-6-12(14)3/h4-7,10-11H,8-9H2,1-3H3,(H,18,22). The van der Waals surface area contributed by atoms with Crippen molar-refractivity contribution < 1.29 is 4.79 Å². The Morgan fingerprint density at radius 1 is 1.35 bits per heavy atom. The van der Waals surface area contributed by atoms with Crippen molar-refractivity contribution in [1.29, 1.82) is 0 Å². The largest absolute Gasteiger partial charge is 0.355 e. The van der Waals surface area contributed by atoms with Gasteiger partial charge in [-0.25, -0.2) is 4.52 Å². The third-order valence-corrected chi connectivity index (χ3v) is 4.61. The van der Waals surface area contributed by atoms with Gasteiger partial charge in [-0.2, -0.15) is 4.98 Å². The highest BCUT2D eigenvalue weighted by atomic mass is 32.1. The van der Waals surface area contributed by atoms with Gasteiger partial charge in [0.2, 0.25) is 10.9 Å². The number of benzene rings is 1. The molecule has 6 heteroatoms. The predicted octanol–water partition coefficient (Wildman–Crippen LogP) is 3.08. The SMILES string of the molecule is Cc1ccccc1-c1nc2scc(CCNC(=O)C(C)C)n2n1. The van der Waals surface area contributed by atoms with E-state index in [2.05, 4.69) is 33.8 Å². The van der Waals surface area contributed by atoms with Crippen molar-refractivity contribution in [3.8, 4) is 11.4 Å². The number of aryl methyl sites for hydroxylation is 1. The van der Waals surface area contributed by atoms with E-state index in [0.717, 1.165) is 34.0 Å². The van der Waals surface area contributed by atoms with Crippen LogP contribution in [0.4, 0.5) is 0 Å². The van der Waals surface area contributed by atoms with Crippen LogP contribution >= 0.6 is 11.3 Å². The maximum absolute atomic E-state index is 11.6. The van der Waals surface area contributed by atoms with Crippen LogP contribution in [0.25, 0.3) is 16.3 Å². The van der Waals surface area contributed by atoms with Crippen molar-refractivity contribution in [2.75, 3.05) is 6.54 Å². The minimum absolute atomic E-state index is 0.0107. The lowest BCUT2D eigenvalue weighted by molar-refractivity contribution is -0.123. The third-order valence-electron chi connectivity index (χ3n) is 3.74. The Hall–Kier alpha value is -2.21. The summed E-state index contributed by atoms with van der Waals surface area (Å²) in [7, 11) is 0. The number of carbonyl (C=O) groups excluding carboxylic acids is 1. The number of hydrogen-bond donors (Lipinski definition) is 1. The zero-order valence-corrected chi connectivity index (χ0v) is 14.4. The zero-order chi connectivity index (χ0) is 16.4. The number of carbonyl (C=O) groups is 1. The van der Waals surface area contributed by atoms with Gasteiger partial charge in [0.05, 0.1) is 5.69 Å². The van der Waals surface area contributed by atoms with E-state index in [-0.39, 0.29) is 11.8 Å². The van der Waals surface area contributed by atoms with Gasteiger partial charge in [-0.05, 0) is 12.5 Å². The summed E-state index contributed by atoms with van der Waals surface area (Å²) in [5.41, 5.74) is 3.29. The van der Waals surface area contributed by atoms with Gasteiger partial charge in [0.15, 0.2) is 5.82 Å². The van der Waals surface area contributed by atoms with Gasteiger partial charge in [0.25, 0.3) is 0 Å². The first-order valence-corrected chi connectivity index (χ1v) is 8.61. The lowest BCUT2D eigenvalue weighted by atomic mass is 10.1. The van der Waals surface area contributed by atoms with Crippen molar-refractivity contribution in [1.82, 2.24) is 19.9 Å². The first kappa shape index (κ1) is 15.7. The summed E-state index contributed by atoms with van der Waals surface area (Å²) in [6.07, 6.45) is 0.745. The van der Waals surface area contributed by atoms with Gasteiger partial charge in [0, 0.05) is 29.8 Å². The van der Waals surface area contributed by atoms with Crippen LogP contribution in [0.2, 0.25) is 0 Å². The molecule has 1 N–H and O–H groups in total. The lowest BCUT2D eigenvalue weighted by Gasteiger charge is -2.06. The van der Waals surface area contributed by atoms with Crippen LogP contribution in [0.1, 0.15) is 25.1 Å². The van der Waals surface area contributed by atoms with Crippen molar-refractivity contribution in [2.45, 2.75) is 27.2 Å². The second-order valence-electron chi connectivity index (χ2n) is 5.87. The molecule has 0 fully saturated rings. The van der Waals surface area contributed by atoms with Crippen LogP contribution < -0.4 is 5.32 Å². The van der Waals surface area contributed by atoms with Gasteiger partial charge in [0.1, 0.15) is 0 Å². The summed E-state index contributed by atoms with van der Waals surface area (Å²) in [5.74, 6) is 0.842. The highest BCUT2D eigenvalue weighted by Crippen LogP contribution is 2.23. The van der Waals surface area contributed by atoms with Gasteiger partial charge in [-0.15, -0.1) is 16.4 Å². The van der Waals surface area contributed by atoms with E-state index in [1.807, 2.05) is 36.6 Å². The number of rotatable bonds is 5. The fraction of sp³-hybridized carbons (Fsp3) is 0.353. The third kappa shape index (κ3) is 3.27. The van der Waals surface area contributed by atoms with Crippen molar-refractivity contribution in [3.05, 3.63) is 40.9 Å². The Labute approximate surface area is 139 Å². The Morgan fingerprint density at radius 2 is 2.13 bits per heavy atom. The number of hydrogen-bond acceptors (Lipinski definition) is 4. The van der Waals surface area contributed by atoms with Crippen LogP contribution in [-0.4, -0.2) is 27.0 Å². The van der Waals surface area contributed by atoms with Crippen LogP contribution in [0.15, 0.2) is 29.6 Å². The summed E-state index contributed by atoms with van der Waals surface area (Å²) in [5, 5.41) is 9.63. The van der Waals surface area contributed by atoms with E-state index < -0.39 is 0 Å². The molecule has 0 bridgehead atoms. The Balaban J connectivity index is 1.79. The summed E-state index contributed by atoms with van der Waals surface area (Å²) < 4.78 is 1.88. The molecule has 1 aromatic carbocycles. The maximum Gasteiger partial charge on any atom is 0.222 e. The van der Waals surface area contributed by atoms with E-state index >= 15 is 0 Å². The highest BCUT2D eigenvalue weighted by molar-refractivity contribution is 7.15. The quantitative estimate of drug-likeness (QED) is 0.783. The van der Waals surface area contributed by atoms with E-state index in [1.54, 1.807) is 11.3 Å². The van der Waals surface area contributed by atoms with Crippen LogP contribution in [0, 0.1) is 12.8 Å². The molecule has 0 saturated heterocycles. The number of thiazole rings is 1. The van der Waals surface area contributed by atoms with Crippen LogP contribution in [0.3, 0.4) is 0 Å². The number of nitrogens with one attached hydrogen (secondary N) is 1. The molecule has 0 unspecified atom stereocenters. The number of aromatic nitrogens is 3. The molecule has 0 spiro atoms. The van der Waals surface area contributed by atoms with E-state index in [4.69, 9.17) is 0 Å². The molecule has 23 heavy (non-hydrogen) atoms. The van der Waals surface area contributed by atoms with Crippen LogP contribution in [0.5, 0.6) is 0 Å². The maximum atomic E-state index is 11.6. The molecule has 120 valence electrons. The number of nitrogens with zero attached hydrogens (tertiary/aromatic N) is 3. The molecule has 0 aliphatic heterocycles. The first-order valence-electron chi connectivity index (χ1n) is 7.73. The molecule has 3 rings (SSSR count). The molecule has 0 aliphatic rings. The smallest absolute Gasteiger partial charge is 0.222 e. The van der Waals surface area contributed by atoms with Gasteiger partial charge in [-0.1, -0.05) is 38.1 Å². The summed E-state index contributed by atoms with van der Waals surface area (Å²) in [6.45, 7) is 6.46. The van der Waals surface area contributed by atoms with Gasteiger partial charge < -0.3 is 5.32 Å². The molecule has 3 aromatic rings. The Bertz CT molecular complexity index is 834. The van der Waals surface area contributed by atoms with E-state index in [1.165, 1.54) is 0 Å². The summed E-state index contributed by atoms with van der Waals surface area (Å²) in [4.78, 5) is 17.1. The molecular formula is C17H20N4OS. The fourth-order valence-corrected chi connectivity index (χ4v) is 3.21. The fourth-order valence-electron chi connectivity index (χ4n) is 2.35. The van der Waals surface area contributed by atoms with E-state index in [9.17, 15) is 4.79 Å². The minimum Gasteiger partial charge on any atom is -0.355 e. The van der Waals surface area contributed by atoms with Crippen molar-refractivity contribution in [2.24, 2.45) is 5.92 Å². The molecular weight excluding hydrogens is 308 g/mol. The number of fused-ring (bicyclic) bond motifs is 1. The average molecular weight is 328 g/mol. The van der Waals surface area contributed by atoms with Gasteiger partial charge in [-0.3, -0.25) is 4.79 Å². The Kier molecular flexibility index (Phi) is 4.43. The van der Waals surface area contributed by atoms with Crippen molar-refractivity contribution in [3.63, 3.8) is 0 Å². The van der Waals surface area contributed by atoms with Crippen LogP contribution in [-0.2, 0) is 11.2 Å². The molecule has 1 amide bonds. The monoisotopic (exact) mass is 328 g/mol. The second kappa shape index (κ2) is 6.50. The normalized spacial score (nSPS) is 11.3. The highest BCUT2D eigenvalue weighted by Gasteiger charge is 2.13. The molecule has 5 nitrogen and oxygen atoms in total. The molecule has 0 atom stereocenters. The zero-order valence-electron chi connectivity index (χ0n) is 13.5. The molecule has 0 saturated carbocycles. The Morgan fingerprint density at radius 3 is 2.87 bits per heavy atom. The molecule has 2 heterocycles. The minimum atomic E-state index is 0.0107. The predicted molar refractivity (Wildman–Crippen MR) is 92.6 cm³/mol.